The summed E-state index contributed by atoms with van der Waals surface area (Å²) < 4.78 is 68.5. The molecule has 0 unspecified atom stereocenters. The summed E-state index contributed by atoms with van der Waals surface area (Å²) >= 11 is 0. The number of nitrogens with zero attached hydrogens (tertiary/aromatic N) is 2. The van der Waals surface area contributed by atoms with Gasteiger partial charge in [0.25, 0.3) is 0 Å². The maximum absolute atomic E-state index is 12.0. The molecule has 3 rings (SSSR count). The van der Waals surface area contributed by atoms with Gasteiger partial charge >= 0.3 is 12.1 Å². The van der Waals surface area contributed by atoms with E-state index >= 15 is 0 Å². The van der Waals surface area contributed by atoms with Gasteiger partial charge in [-0.3, -0.25) is 0 Å². The Hall–Kier alpha value is -4.11. The second-order valence-electron chi connectivity index (χ2n) is 6.65. The molecule has 0 saturated carbocycles. The molecule has 0 aliphatic heterocycles. The molecule has 0 radical (unpaired) electrons. The quantitative estimate of drug-likeness (QED) is 0.341. The molecule has 0 atom stereocenters. The van der Waals surface area contributed by atoms with Crippen LogP contribution in [0.25, 0.3) is 0 Å². The highest BCUT2D eigenvalue weighted by Crippen LogP contribution is 2.31. The molecule has 0 fully saturated rings. The fourth-order valence-electron chi connectivity index (χ4n) is 2.56. The predicted molar refractivity (Wildman–Crippen MR) is 125 cm³/mol. The Morgan fingerprint density at radius 1 is 0.917 bits per heavy atom. The molecule has 2 aromatic carbocycles. The number of aliphatic carboxylic acids is 1. The van der Waals surface area contributed by atoms with Crippen molar-refractivity contribution in [2.45, 2.75) is 11.1 Å². The van der Waals surface area contributed by atoms with E-state index in [1.165, 1.54) is 25.5 Å². The summed E-state index contributed by atoms with van der Waals surface area (Å²) in [5.41, 5.74) is 1.34. The van der Waals surface area contributed by atoms with Crippen LogP contribution in [0.2, 0.25) is 0 Å². The molecule has 36 heavy (non-hydrogen) atoms. The maximum atomic E-state index is 12.0. The van der Waals surface area contributed by atoms with E-state index in [2.05, 4.69) is 25.3 Å². The van der Waals surface area contributed by atoms with Crippen LogP contribution in [0, 0.1) is 0 Å². The van der Waals surface area contributed by atoms with Crippen LogP contribution in [0.3, 0.4) is 0 Å². The minimum Gasteiger partial charge on any atom is -0.493 e. The van der Waals surface area contributed by atoms with Gasteiger partial charge in [-0.1, -0.05) is 6.07 Å². The number of sulfonamides is 1. The van der Waals surface area contributed by atoms with Gasteiger partial charge < -0.3 is 25.2 Å². The predicted octanol–water partition coefficient (Wildman–Crippen LogP) is 3.52. The lowest BCUT2D eigenvalue weighted by Crippen LogP contribution is -2.21. The highest BCUT2D eigenvalue weighted by atomic mass is 32.2. The average Bonchev–Trinajstić information content (AvgIpc) is 2.84. The van der Waals surface area contributed by atoms with Gasteiger partial charge in [0.2, 0.25) is 10.0 Å². The van der Waals surface area contributed by atoms with E-state index in [0.717, 1.165) is 5.69 Å². The number of aromatic nitrogens is 2. The highest BCUT2D eigenvalue weighted by molar-refractivity contribution is 7.89. The number of nitrogens with one attached hydrogen (secondary N) is 3. The van der Waals surface area contributed by atoms with Crippen LogP contribution >= 0.6 is 0 Å². The van der Waals surface area contributed by atoms with Gasteiger partial charge in [0.05, 0.1) is 19.1 Å². The average molecular weight is 529 g/mol. The number of anilines is 4. The second kappa shape index (κ2) is 12.0. The Balaban J connectivity index is 0.000000572. The van der Waals surface area contributed by atoms with Crippen molar-refractivity contribution in [3.63, 3.8) is 0 Å². The minimum absolute atomic E-state index is 0.155. The van der Waals surface area contributed by atoms with E-state index < -0.39 is 22.2 Å². The number of carboxylic acids is 1. The molecular weight excluding hydrogens is 507 g/mol. The number of rotatable bonds is 8. The van der Waals surface area contributed by atoms with Crippen molar-refractivity contribution in [2.24, 2.45) is 0 Å². The monoisotopic (exact) mass is 529 g/mol. The number of ether oxygens (including phenoxy) is 2. The van der Waals surface area contributed by atoms with Gasteiger partial charge in [0.15, 0.2) is 11.5 Å². The van der Waals surface area contributed by atoms with Crippen molar-refractivity contribution in [3.05, 3.63) is 54.9 Å². The maximum Gasteiger partial charge on any atom is 0.490 e. The molecule has 194 valence electrons. The van der Waals surface area contributed by atoms with Crippen LogP contribution in [-0.4, -0.2) is 56.9 Å². The van der Waals surface area contributed by atoms with Crippen molar-refractivity contribution in [1.82, 2.24) is 14.7 Å². The molecule has 0 bridgehead atoms. The van der Waals surface area contributed by atoms with Crippen LogP contribution in [0.15, 0.2) is 59.8 Å². The third-order valence-corrected chi connectivity index (χ3v) is 5.66. The van der Waals surface area contributed by atoms with Crippen molar-refractivity contribution < 1.29 is 41.0 Å². The summed E-state index contributed by atoms with van der Waals surface area (Å²) in [6.45, 7) is 0. The van der Waals surface area contributed by atoms with E-state index in [1.807, 2.05) is 6.07 Å². The molecule has 3 aromatic rings. The van der Waals surface area contributed by atoms with Crippen LogP contribution in [-0.2, 0) is 14.8 Å². The number of hydrogen-bond acceptors (Lipinski definition) is 9. The van der Waals surface area contributed by atoms with Crippen LogP contribution in [0.1, 0.15) is 0 Å². The molecule has 1 aromatic heterocycles. The van der Waals surface area contributed by atoms with E-state index in [4.69, 9.17) is 19.4 Å². The zero-order chi connectivity index (χ0) is 26.9. The number of alkyl halides is 3. The normalized spacial score (nSPS) is 11.1. The molecule has 0 spiro atoms. The molecule has 15 heteroatoms. The molecule has 0 saturated heterocycles. The Bertz CT molecular complexity index is 1310. The van der Waals surface area contributed by atoms with Crippen molar-refractivity contribution >= 4 is 39.0 Å². The summed E-state index contributed by atoms with van der Waals surface area (Å²) in [6.07, 6.45) is -3.68. The number of benzene rings is 2. The molecule has 11 nitrogen and oxygen atoms in total. The van der Waals surface area contributed by atoms with Gasteiger partial charge in [0.1, 0.15) is 18.0 Å². The third kappa shape index (κ3) is 7.99. The molecule has 1 heterocycles. The zero-order valence-corrected chi connectivity index (χ0v) is 19.9. The number of halogens is 3. The molecule has 0 amide bonds. The van der Waals surface area contributed by atoms with Gasteiger partial charge in [-0.2, -0.15) is 13.2 Å². The van der Waals surface area contributed by atoms with E-state index in [-0.39, 0.29) is 4.90 Å². The summed E-state index contributed by atoms with van der Waals surface area (Å²) in [7, 11) is 0.975. The van der Waals surface area contributed by atoms with Crippen LogP contribution in [0.5, 0.6) is 11.5 Å². The minimum atomic E-state index is -5.08. The molecule has 0 aliphatic carbocycles. The van der Waals surface area contributed by atoms with E-state index in [1.54, 1.807) is 44.6 Å². The lowest BCUT2D eigenvalue weighted by atomic mass is 10.2. The summed E-state index contributed by atoms with van der Waals surface area (Å²) in [5, 5.41) is 13.4. The lowest BCUT2D eigenvalue weighted by Gasteiger charge is -2.12. The van der Waals surface area contributed by atoms with Crippen molar-refractivity contribution in [1.29, 1.82) is 0 Å². The molecule has 0 aliphatic rings. The van der Waals surface area contributed by atoms with E-state index in [0.29, 0.717) is 28.8 Å². The Labute approximate surface area is 204 Å². The Kier molecular flexibility index (Phi) is 9.40. The van der Waals surface area contributed by atoms with Crippen LogP contribution < -0.4 is 24.8 Å². The van der Waals surface area contributed by atoms with Crippen molar-refractivity contribution in [2.75, 3.05) is 31.9 Å². The largest absolute Gasteiger partial charge is 0.493 e. The number of hydrogen-bond donors (Lipinski definition) is 4. The van der Waals surface area contributed by atoms with Crippen molar-refractivity contribution in [3.8, 4) is 11.5 Å². The molecular formula is C21H22F3N5O6S. The fraction of sp³-hybridized carbons (Fsp3) is 0.190. The Morgan fingerprint density at radius 3 is 1.97 bits per heavy atom. The zero-order valence-electron chi connectivity index (χ0n) is 19.1. The standard InChI is InChI=1S/C19H21N5O4S.C2HF3O2/c1-20-29(25,26)15-6-4-5-13(9-15)23-18-11-19(22-12-21-18)24-14-7-8-16(27-2)17(10-14)28-3;3-2(4,5)1(6)7/h4-12,20H,1-3H3,(H2,21,22,23,24);(H,6,7). The van der Waals surface area contributed by atoms with Gasteiger partial charge in [-0.05, 0) is 37.4 Å². The van der Waals surface area contributed by atoms with Gasteiger partial charge in [-0.25, -0.2) is 27.9 Å². The van der Waals surface area contributed by atoms with Crippen LogP contribution in [0.4, 0.5) is 36.2 Å². The highest BCUT2D eigenvalue weighted by Gasteiger charge is 2.38. The fourth-order valence-corrected chi connectivity index (χ4v) is 3.34. The summed E-state index contributed by atoms with van der Waals surface area (Å²) in [5.74, 6) is -0.491. The third-order valence-electron chi connectivity index (χ3n) is 4.25. The first kappa shape index (κ1) is 28.1. The summed E-state index contributed by atoms with van der Waals surface area (Å²) in [4.78, 5) is 17.4. The first-order chi connectivity index (χ1) is 16.9. The Morgan fingerprint density at radius 2 is 1.47 bits per heavy atom. The van der Waals surface area contributed by atoms with Gasteiger partial charge in [0, 0.05) is 23.5 Å². The number of carbonyl (C=O) groups is 1. The SMILES string of the molecule is CNS(=O)(=O)c1cccc(Nc2cc(Nc3ccc(OC)c(OC)c3)ncn2)c1.O=C(O)C(F)(F)F. The lowest BCUT2D eigenvalue weighted by molar-refractivity contribution is -0.192. The van der Waals surface area contributed by atoms with E-state index in [9.17, 15) is 21.6 Å². The first-order valence-corrected chi connectivity index (χ1v) is 11.3. The topological polar surface area (TPSA) is 152 Å². The first-order valence-electron chi connectivity index (χ1n) is 9.81. The smallest absolute Gasteiger partial charge is 0.490 e. The number of carboxylic acid groups (broad SMARTS) is 1. The van der Waals surface area contributed by atoms with Gasteiger partial charge in [-0.15, -0.1) is 0 Å². The summed E-state index contributed by atoms with van der Waals surface area (Å²) in [6, 6.07) is 13.6. The second-order valence-corrected chi connectivity index (χ2v) is 8.53. The molecule has 4 N–H and O–H groups in total. The number of methoxy groups -OCH3 is 2.